The lowest BCUT2D eigenvalue weighted by molar-refractivity contribution is -0.330. The molecule has 40 heavy (non-hydrogen) atoms. The molecule has 4 heterocycles. The van der Waals surface area contributed by atoms with Crippen molar-refractivity contribution in [2.45, 2.75) is 25.9 Å². The molecule has 1 atom stereocenters. The number of aromatic nitrogens is 3. The van der Waals surface area contributed by atoms with E-state index in [1.54, 1.807) is 12.4 Å². The van der Waals surface area contributed by atoms with Gasteiger partial charge in [-0.05, 0) is 54.3 Å². The van der Waals surface area contributed by atoms with Crippen LogP contribution in [-0.2, 0) is 27.8 Å². The minimum atomic E-state index is -3.58. The van der Waals surface area contributed by atoms with Crippen LogP contribution in [0.2, 0.25) is 0 Å². The SMILES string of the molecule is Cc1cc(N2CCN(c3ncccn3)CC2)[nH+]c2ccc(NC(=O)C3Cc4ccccc4CN3S(C)(=O)=O)cc12. The molecule has 1 fully saturated rings. The predicted molar refractivity (Wildman–Crippen MR) is 155 cm³/mol. The smallest absolute Gasteiger partial charge is 0.275 e. The number of carbonyl (C=O) groups excluding carboxylic acids is 1. The molecule has 1 unspecified atom stereocenters. The van der Waals surface area contributed by atoms with Crippen molar-refractivity contribution in [3.05, 3.63) is 83.7 Å². The number of nitrogens with one attached hydrogen (secondary N) is 2. The Labute approximate surface area is 233 Å². The first kappa shape index (κ1) is 26.1. The highest BCUT2D eigenvalue weighted by molar-refractivity contribution is 7.88. The summed E-state index contributed by atoms with van der Waals surface area (Å²) >= 11 is 0. The fourth-order valence-corrected chi connectivity index (χ4v) is 6.59. The maximum absolute atomic E-state index is 13.4. The van der Waals surface area contributed by atoms with Crippen LogP contribution < -0.4 is 20.1 Å². The number of hydrogen-bond acceptors (Lipinski definition) is 7. The minimum absolute atomic E-state index is 0.189. The molecule has 2 N–H and O–H groups in total. The zero-order valence-electron chi connectivity index (χ0n) is 22.5. The first-order valence-electron chi connectivity index (χ1n) is 13.3. The average Bonchev–Trinajstić information content (AvgIpc) is 2.97. The van der Waals surface area contributed by atoms with E-state index in [1.807, 2.05) is 48.5 Å². The topological polar surface area (TPSA) is 113 Å². The molecular formula is C29H32N7O3S+. The molecule has 0 bridgehead atoms. The van der Waals surface area contributed by atoms with E-state index in [2.05, 4.69) is 43.1 Å². The Morgan fingerprint density at radius 3 is 2.38 bits per heavy atom. The van der Waals surface area contributed by atoms with E-state index in [0.29, 0.717) is 12.1 Å². The Hall–Kier alpha value is -4.09. The van der Waals surface area contributed by atoms with Crippen molar-refractivity contribution < 1.29 is 18.2 Å². The van der Waals surface area contributed by atoms with Crippen molar-refractivity contribution in [3.8, 4) is 0 Å². The Bertz CT molecular complexity index is 1670. The normalized spacial score (nSPS) is 18.0. The number of pyridine rings is 1. The molecule has 2 aliphatic heterocycles. The van der Waals surface area contributed by atoms with Crippen LogP contribution in [0, 0.1) is 6.92 Å². The van der Waals surface area contributed by atoms with Gasteiger partial charge in [0, 0.05) is 36.1 Å². The Kier molecular flexibility index (Phi) is 6.85. The number of anilines is 3. The fourth-order valence-electron chi connectivity index (χ4n) is 5.58. The Morgan fingerprint density at radius 2 is 1.65 bits per heavy atom. The molecule has 1 saturated heterocycles. The molecule has 6 rings (SSSR count). The van der Waals surface area contributed by atoms with Crippen molar-refractivity contribution >= 4 is 44.3 Å². The number of hydrogen-bond donors (Lipinski definition) is 1. The van der Waals surface area contributed by atoms with Gasteiger partial charge in [0.15, 0.2) is 0 Å². The van der Waals surface area contributed by atoms with Gasteiger partial charge in [-0.25, -0.2) is 23.4 Å². The second-order valence-electron chi connectivity index (χ2n) is 10.4. The Morgan fingerprint density at radius 1 is 0.950 bits per heavy atom. The van der Waals surface area contributed by atoms with Gasteiger partial charge in [-0.2, -0.15) is 4.31 Å². The highest BCUT2D eigenvalue weighted by atomic mass is 32.2. The molecule has 0 saturated carbocycles. The third-order valence-electron chi connectivity index (χ3n) is 7.72. The third-order valence-corrected chi connectivity index (χ3v) is 8.95. The van der Waals surface area contributed by atoms with Gasteiger partial charge >= 0.3 is 0 Å². The molecule has 4 aromatic rings. The number of fused-ring (bicyclic) bond motifs is 2. The van der Waals surface area contributed by atoms with Gasteiger partial charge < -0.3 is 10.2 Å². The zero-order chi connectivity index (χ0) is 27.9. The molecule has 0 spiro atoms. The molecule has 11 heteroatoms. The van der Waals surface area contributed by atoms with Crippen LogP contribution in [0.15, 0.2) is 67.0 Å². The molecule has 0 radical (unpaired) electrons. The summed E-state index contributed by atoms with van der Waals surface area (Å²) < 4.78 is 26.4. The van der Waals surface area contributed by atoms with Crippen molar-refractivity contribution in [1.82, 2.24) is 14.3 Å². The first-order valence-corrected chi connectivity index (χ1v) is 15.2. The monoisotopic (exact) mass is 558 g/mol. The summed E-state index contributed by atoms with van der Waals surface area (Å²) in [6.07, 6.45) is 5.02. The van der Waals surface area contributed by atoms with E-state index in [9.17, 15) is 13.2 Å². The number of aryl methyl sites for hydroxylation is 1. The summed E-state index contributed by atoms with van der Waals surface area (Å²) in [5.74, 6) is 1.46. The van der Waals surface area contributed by atoms with E-state index in [0.717, 1.165) is 71.8 Å². The zero-order valence-corrected chi connectivity index (χ0v) is 23.4. The van der Waals surface area contributed by atoms with Crippen molar-refractivity contribution in [3.63, 3.8) is 0 Å². The molecule has 206 valence electrons. The number of H-pyrrole nitrogens is 1. The molecule has 10 nitrogen and oxygen atoms in total. The lowest BCUT2D eigenvalue weighted by Crippen LogP contribution is -2.50. The lowest BCUT2D eigenvalue weighted by atomic mass is 9.95. The van der Waals surface area contributed by atoms with Crippen LogP contribution >= 0.6 is 0 Å². The van der Waals surface area contributed by atoms with Gasteiger partial charge in [-0.15, -0.1) is 0 Å². The molecule has 1 amide bonds. The number of sulfonamides is 1. The maximum atomic E-state index is 13.4. The molecule has 2 aromatic heterocycles. The highest BCUT2D eigenvalue weighted by Crippen LogP contribution is 2.28. The quantitative estimate of drug-likeness (QED) is 0.400. The van der Waals surface area contributed by atoms with E-state index in [-0.39, 0.29) is 12.5 Å². The average molecular weight is 559 g/mol. The summed E-state index contributed by atoms with van der Waals surface area (Å²) in [6.45, 7) is 5.59. The van der Waals surface area contributed by atoms with Crippen LogP contribution in [0.4, 0.5) is 17.5 Å². The highest BCUT2D eigenvalue weighted by Gasteiger charge is 2.37. The summed E-state index contributed by atoms with van der Waals surface area (Å²) in [7, 11) is -3.58. The summed E-state index contributed by atoms with van der Waals surface area (Å²) in [4.78, 5) is 30.2. The maximum Gasteiger partial charge on any atom is 0.275 e. The fraction of sp³-hybridized carbons (Fsp3) is 0.310. The summed E-state index contributed by atoms with van der Waals surface area (Å²) in [6, 6.07) is 16.6. The Balaban J connectivity index is 1.19. The van der Waals surface area contributed by atoms with Gasteiger partial charge in [0.2, 0.25) is 21.9 Å². The lowest BCUT2D eigenvalue weighted by Gasteiger charge is -2.34. The molecule has 2 aliphatic rings. The van der Waals surface area contributed by atoms with Crippen LogP contribution in [0.3, 0.4) is 0 Å². The number of nitrogens with zero attached hydrogens (tertiary/aromatic N) is 5. The van der Waals surface area contributed by atoms with Gasteiger partial charge in [0.05, 0.1) is 19.3 Å². The predicted octanol–water partition coefficient (Wildman–Crippen LogP) is 2.40. The van der Waals surface area contributed by atoms with Crippen LogP contribution in [0.1, 0.15) is 16.7 Å². The van der Waals surface area contributed by atoms with E-state index in [1.165, 1.54) is 4.31 Å². The van der Waals surface area contributed by atoms with Gasteiger partial charge in [0.1, 0.15) is 24.6 Å². The largest absolute Gasteiger partial charge is 0.333 e. The number of amides is 1. The number of carbonyl (C=O) groups is 1. The standard InChI is InChI=1S/C29H31N7O3S/c1-20-16-27(34-12-14-35(15-13-34)29-30-10-5-11-31-29)33-25-9-8-23(18-24(20)25)32-28(37)26-17-21-6-3-4-7-22(21)19-36(26)40(2,38)39/h3-11,16,18,26H,12-15,17,19H2,1-2H3,(H,32,37)/p+1. The van der Waals surface area contributed by atoms with Crippen molar-refractivity contribution in [2.75, 3.05) is 47.6 Å². The van der Waals surface area contributed by atoms with E-state index >= 15 is 0 Å². The van der Waals surface area contributed by atoms with E-state index < -0.39 is 16.1 Å². The van der Waals surface area contributed by atoms with Crippen molar-refractivity contribution in [2.24, 2.45) is 0 Å². The first-order chi connectivity index (χ1) is 19.3. The number of piperazine rings is 1. The minimum Gasteiger partial charge on any atom is -0.333 e. The van der Waals surface area contributed by atoms with Crippen LogP contribution in [0.25, 0.3) is 10.9 Å². The molecule has 0 aliphatic carbocycles. The van der Waals surface area contributed by atoms with Gasteiger partial charge in [-0.3, -0.25) is 9.69 Å². The van der Waals surface area contributed by atoms with Gasteiger partial charge in [0.25, 0.3) is 5.82 Å². The van der Waals surface area contributed by atoms with E-state index in [4.69, 9.17) is 0 Å². The van der Waals surface area contributed by atoms with Crippen molar-refractivity contribution in [1.29, 1.82) is 0 Å². The number of benzene rings is 2. The second-order valence-corrected chi connectivity index (χ2v) is 12.3. The second kappa shape index (κ2) is 10.5. The molecular weight excluding hydrogens is 526 g/mol. The summed E-state index contributed by atoms with van der Waals surface area (Å²) in [5.41, 5.74) is 4.60. The molecule has 2 aromatic carbocycles. The number of aromatic amines is 1. The van der Waals surface area contributed by atoms with Gasteiger partial charge in [-0.1, -0.05) is 24.3 Å². The van der Waals surface area contributed by atoms with Crippen LogP contribution in [-0.4, -0.2) is 67.1 Å². The van der Waals surface area contributed by atoms with Crippen LogP contribution in [0.5, 0.6) is 0 Å². The summed E-state index contributed by atoms with van der Waals surface area (Å²) in [5, 5.41) is 3.97. The third kappa shape index (κ3) is 5.22. The number of rotatable bonds is 5.